The number of cyclic esters (lactones) is 1. The Kier molecular flexibility index (Phi) is 2.55. The van der Waals surface area contributed by atoms with E-state index in [1.807, 2.05) is 0 Å². The number of hydrogen-bond donors (Lipinski definition) is 1. The van der Waals surface area contributed by atoms with Crippen molar-refractivity contribution in [2.45, 2.75) is 19.5 Å². The number of carbonyl (C=O) groups is 2. The summed E-state index contributed by atoms with van der Waals surface area (Å²) in [6.45, 7) is 1.78. The van der Waals surface area contributed by atoms with Gasteiger partial charge in [0.2, 0.25) is 0 Å². The molecule has 6 heteroatoms. The molecule has 1 atom stereocenters. The van der Waals surface area contributed by atoms with Gasteiger partial charge in [-0.2, -0.15) is 0 Å². The van der Waals surface area contributed by atoms with Crippen molar-refractivity contribution in [3.05, 3.63) is 23.7 Å². The molecule has 1 saturated heterocycles. The topological polar surface area (TPSA) is 80.0 Å². The Labute approximate surface area is 91.4 Å². The van der Waals surface area contributed by atoms with Crippen LogP contribution in [-0.2, 0) is 16.1 Å². The largest absolute Gasteiger partial charge is 0.480 e. The molecule has 1 unspecified atom stereocenters. The molecule has 1 aliphatic heterocycles. The number of carboxylic acids is 1. The minimum Gasteiger partial charge on any atom is -0.480 e. The van der Waals surface area contributed by atoms with Crippen LogP contribution in [-0.4, -0.2) is 34.7 Å². The fourth-order valence-electron chi connectivity index (χ4n) is 1.57. The van der Waals surface area contributed by atoms with Gasteiger partial charge in [-0.25, -0.2) is 9.59 Å². The van der Waals surface area contributed by atoms with Crippen LogP contribution in [0.2, 0.25) is 0 Å². The van der Waals surface area contributed by atoms with Crippen molar-refractivity contribution in [3.8, 4) is 0 Å². The molecule has 6 nitrogen and oxygen atoms in total. The number of furan rings is 1. The SMILES string of the molecule is Cc1ccc(CN2C(=O)OCC2C(=O)O)o1. The number of rotatable bonds is 3. The first-order valence-corrected chi connectivity index (χ1v) is 4.79. The third kappa shape index (κ3) is 1.86. The molecule has 86 valence electrons. The van der Waals surface area contributed by atoms with E-state index in [9.17, 15) is 9.59 Å². The molecule has 1 fully saturated rings. The molecule has 0 aliphatic carbocycles. The molecule has 0 radical (unpaired) electrons. The van der Waals surface area contributed by atoms with Gasteiger partial charge in [0.1, 0.15) is 18.1 Å². The summed E-state index contributed by atoms with van der Waals surface area (Å²) in [6.07, 6.45) is -0.624. The lowest BCUT2D eigenvalue weighted by Crippen LogP contribution is -2.38. The highest BCUT2D eigenvalue weighted by Gasteiger charge is 2.38. The molecule has 16 heavy (non-hydrogen) atoms. The van der Waals surface area contributed by atoms with Crippen LogP contribution < -0.4 is 0 Å². The molecule has 1 aromatic rings. The highest BCUT2D eigenvalue weighted by Crippen LogP contribution is 2.18. The van der Waals surface area contributed by atoms with Gasteiger partial charge < -0.3 is 14.3 Å². The van der Waals surface area contributed by atoms with Crippen LogP contribution in [0.3, 0.4) is 0 Å². The third-order valence-corrected chi connectivity index (χ3v) is 2.38. The van der Waals surface area contributed by atoms with E-state index in [-0.39, 0.29) is 13.2 Å². The van der Waals surface area contributed by atoms with E-state index in [0.717, 1.165) is 10.7 Å². The van der Waals surface area contributed by atoms with Gasteiger partial charge in [0, 0.05) is 0 Å². The summed E-state index contributed by atoms with van der Waals surface area (Å²) in [5.41, 5.74) is 0. The minimum atomic E-state index is -1.07. The molecule has 0 bridgehead atoms. The fourth-order valence-corrected chi connectivity index (χ4v) is 1.57. The normalized spacial score (nSPS) is 19.9. The molecule has 0 spiro atoms. The first-order chi connectivity index (χ1) is 7.58. The van der Waals surface area contributed by atoms with Gasteiger partial charge in [-0.05, 0) is 19.1 Å². The molecule has 1 N–H and O–H groups in total. The van der Waals surface area contributed by atoms with Crippen molar-refractivity contribution in [1.29, 1.82) is 0 Å². The number of carbonyl (C=O) groups excluding carboxylic acids is 1. The molecule has 0 aromatic carbocycles. The molecule has 1 aliphatic rings. The summed E-state index contributed by atoms with van der Waals surface area (Å²) >= 11 is 0. The lowest BCUT2D eigenvalue weighted by molar-refractivity contribution is -0.141. The van der Waals surface area contributed by atoms with E-state index >= 15 is 0 Å². The summed E-state index contributed by atoms with van der Waals surface area (Å²) in [7, 11) is 0. The Bertz CT molecular complexity index is 425. The summed E-state index contributed by atoms with van der Waals surface area (Å²) in [6, 6.07) is 2.53. The molecule has 2 rings (SSSR count). The van der Waals surface area contributed by atoms with Crippen LogP contribution in [0.4, 0.5) is 4.79 Å². The van der Waals surface area contributed by atoms with Crippen molar-refractivity contribution < 1.29 is 23.8 Å². The van der Waals surface area contributed by atoms with Crippen LogP contribution >= 0.6 is 0 Å². The van der Waals surface area contributed by atoms with E-state index < -0.39 is 18.1 Å². The Balaban J connectivity index is 2.12. The van der Waals surface area contributed by atoms with E-state index in [2.05, 4.69) is 4.74 Å². The highest BCUT2D eigenvalue weighted by atomic mass is 16.6. The smallest absolute Gasteiger partial charge is 0.411 e. The molecular weight excluding hydrogens is 214 g/mol. The van der Waals surface area contributed by atoms with Crippen molar-refractivity contribution in [3.63, 3.8) is 0 Å². The van der Waals surface area contributed by atoms with Gasteiger partial charge in [0.15, 0.2) is 6.04 Å². The number of aliphatic carboxylic acids is 1. The van der Waals surface area contributed by atoms with E-state index in [0.29, 0.717) is 5.76 Å². The van der Waals surface area contributed by atoms with E-state index in [1.165, 1.54) is 0 Å². The van der Waals surface area contributed by atoms with Crippen LogP contribution in [0.15, 0.2) is 16.5 Å². The highest BCUT2D eigenvalue weighted by molar-refractivity contribution is 5.82. The standard InChI is InChI=1S/C10H11NO5/c1-6-2-3-7(16-6)4-11-8(9(12)13)5-15-10(11)14/h2-3,8H,4-5H2,1H3,(H,12,13). The fraction of sp³-hybridized carbons (Fsp3) is 0.400. The van der Waals surface area contributed by atoms with Crippen LogP contribution in [0.25, 0.3) is 0 Å². The molecule has 1 aromatic heterocycles. The maximum Gasteiger partial charge on any atom is 0.411 e. The second-order valence-electron chi connectivity index (χ2n) is 3.57. The maximum absolute atomic E-state index is 11.3. The number of hydrogen-bond acceptors (Lipinski definition) is 4. The minimum absolute atomic E-state index is 0.115. The lowest BCUT2D eigenvalue weighted by Gasteiger charge is -2.16. The second-order valence-corrected chi connectivity index (χ2v) is 3.57. The van der Waals surface area contributed by atoms with Crippen molar-refractivity contribution in [1.82, 2.24) is 4.90 Å². The first kappa shape index (κ1) is 10.5. The second kappa shape index (κ2) is 3.88. The van der Waals surface area contributed by atoms with E-state index in [4.69, 9.17) is 9.52 Å². The quantitative estimate of drug-likeness (QED) is 0.829. The third-order valence-electron chi connectivity index (χ3n) is 2.38. The van der Waals surface area contributed by atoms with Gasteiger partial charge in [-0.1, -0.05) is 0 Å². The summed E-state index contributed by atoms with van der Waals surface area (Å²) < 4.78 is 9.96. The predicted octanol–water partition coefficient (Wildman–Crippen LogP) is 0.993. The monoisotopic (exact) mass is 225 g/mol. The molecule has 2 heterocycles. The Hall–Kier alpha value is -1.98. The first-order valence-electron chi connectivity index (χ1n) is 4.79. The molecular formula is C10H11NO5. The summed E-state index contributed by atoms with van der Waals surface area (Å²) in [5.74, 6) is 0.186. The van der Waals surface area contributed by atoms with Gasteiger partial charge in [0.25, 0.3) is 0 Å². The van der Waals surface area contributed by atoms with Crippen LogP contribution in [0.1, 0.15) is 11.5 Å². The average molecular weight is 225 g/mol. The van der Waals surface area contributed by atoms with Crippen LogP contribution in [0.5, 0.6) is 0 Å². The molecule has 1 amide bonds. The van der Waals surface area contributed by atoms with Gasteiger partial charge >= 0.3 is 12.1 Å². The Morgan fingerprint density at radius 2 is 2.38 bits per heavy atom. The zero-order chi connectivity index (χ0) is 11.7. The van der Waals surface area contributed by atoms with Crippen molar-refractivity contribution >= 4 is 12.1 Å². The van der Waals surface area contributed by atoms with Gasteiger partial charge in [-0.3, -0.25) is 4.90 Å². The molecule has 0 saturated carbocycles. The lowest BCUT2D eigenvalue weighted by atomic mass is 10.3. The maximum atomic E-state index is 11.3. The number of carboxylic acid groups (broad SMARTS) is 1. The van der Waals surface area contributed by atoms with Gasteiger partial charge in [-0.15, -0.1) is 0 Å². The van der Waals surface area contributed by atoms with E-state index in [1.54, 1.807) is 19.1 Å². The average Bonchev–Trinajstić information content (AvgIpc) is 2.76. The Morgan fingerprint density at radius 3 is 2.94 bits per heavy atom. The van der Waals surface area contributed by atoms with Crippen molar-refractivity contribution in [2.24, 2.45) is 0 Å². The summed E-state index contributed by atoms with van der Waals surface area (Å²) in [4.78, 5) is 23.3. The predicted molar refractivity (Wildman–Crippen MR) is 51.8 cm³/mol. The number of nitrogens with zero attached hydrogens (tertiary/aromatic N) is 1. The number of aryl methyl sites for hydroxylation is 1. The number of ether oxygens (including phenoxy) is 1. The summed E-state index contributed by atoms with van der Waals surface area (Å²) in [5, 5.41) is 8.88. The number of amides is 1. The van der Waals surface area contributed by atoms with Crippen molar-refractivity contribution in [2.75, 3.05) is 6.61 Å². The zero-order valence-corrected chi connectivity index (χ0v) is 8.67. The Morgan fingerprint density at radius 1 is 1.62 bits per heavy atom. The van der Waals surface area contributed by atoms with Gasteiger partial charge in [0.05, 0.1) is 6.54 Å². The zero-order valence-electron chi connectivity index (χ0n) is 8.67. The van der Waals surface area contributed by atoms with Crippen LogP contribution in [0, 0.1) is 6.92 Å².